The van der Waals surface area contributed by atoms with Crippen LogP contribution in [-0.4, -0.2) is 21.1 Å². The Morgan fingerprint density at radius 3 is 2.76 bits per heavy atom. The van der Waals surface area contributed by atoms with Crippen LogP contribution in [0.2, 0.25) is 0 Å². The van der Waals surface area contributed by atoms with Crippen LogP contribution in [0.3, 0.4) is 0 Å². The Morgan fingerprint density at radius 1 is 1.29 bits per heavy atom. The summed E-state index contributed by atoms with van der Waals surface area (Å²) in [5, 5.41) is 3.51. The lowest BCUT2D eigenvalue weighted by molar-refractivity contribution is 0.504. The molecule has 114 valence electrons. The highest BCUT2D eigenvalue weighted by Crippen LogP contribution is 2.26. The molecule has 0 saturated heterocycles. The topological polar surface area (TPSA) is 42.7 Å². The van der Waals surface area contributed by atoms with Crippen LogP contribution in [0.15, 0.2) is 33.6 Å². The lowest BCUT2D eigenvalue weighted by Crippen LogP contribution is -2.25. The van der Waals surface area contributed by atoms with Gasteiger partial charge in [0.2, 0.25) is 0 Å². The summed E-state index contributed by atoms with van der Waals surface area (Å²) in [5.41, 5.74) is 1.02. The van der Waals surface area contributed by atoms with E-state index in [1.54, 1.807) is 0 Å². The zero-order valence-corrected chi connectivity index (χ0v) is 15.5. The van der Waals surface area contributed by atoms with Crippen LogP contribution in [-0.2, 0) is 13.0 Å². The first-order valence-corrected chi connectivity index (χ1v) is 8.78. The van der Waals surface area contributed by atoms with Crippen molar-refractivity contribution in [2.75, 3.05) is 6.54 Å². The molecular weight excluding hydrogens is 396 g/mol. The van der Waals surface area contributed by atoms with Crippen LogP contribution in [0, 0.1) is 0 Å². The summed E-state index contributed by atoms with van der Waals surface area (Å²) >= 11 is 7.06. The number of nitrogens with zero attached hydrogens (tertiary/aromatic N) is 3. The fraction of sp³-hybridized carbons (Fsp3) is 0.467. The first-order valence-electron chi connectivity index (χ1n) is 7.20. The van der Waals surface area contributed by atoms with E-state index in [9.17, 15) is 0 Å². The van der Waals surface area contributed by atoms with E-state index in [2.05, 4.69) is 65.6 Å². The predicted octanol–water partition coefficient (Wildman–Crippen LogP) is 4.11. The van der Waals surface area contributed by atoms with Crippen LogP contribution in [0.5, 0.6) is 0 Å². The average molecular weight is 416 g/mol. The van der Waals surface area contributed by atoms with E-state index in [1.807, 2.05) is 24.7 Å². The van der Waals surface area contributed by atoms with Gasteiger partial charge < -0.3 is 9.88 Å². The first-order chi connectivity index (χ1) is 10.2. The summed E-state index contributed by atoms with van der Waals surface area (Å²) in [7, 11) is 0. The number of rotatable bonds is 7. The standard InChI is InChI=1S/C15H20Br2N4/c1-3-6-21-7-5-19-14(21)9-13(18-4-2)15-12(17)8-11(16)10-20-15/h5,7-8,10,13,18H,3-4,6,9H2,1-2H3. The molecule has 0 saturated carbocycles. The van der Waals surface area contributed by atoms with Gasteiger partial charge in [-0.15, -0.1) is 0 Å². The van der Waals surface area contributed by atoms with Gasteiger partial charge in [0.25, 0.3) is 0 Å². The number of halogens is 2. The van der Waals surface area contributed by atoms with E-state index in [-0.39, 0.29) is 6.04 Å². The Hall–Kier alpha value is -0.720. The molecule has 1 atom stereocenters. The minimum absolute atomic E-state index is 0.149. The second kappa shape index (κ2) is 8.06. The molecule has 0 spiro atoms. The molecule has 0 aliphatic rings. The SMILES string of the molecule is CCCn1ccnc1CC(NCC)c1ncc(Br)cc1Br. The summed E-state index contributed by atoms with van der Waals surface area (Å²) in [4.78, 5) is 9.06. The van der Waals surface area contributed by atoms with Crippen LogP contribution >= 0.6 is 31.9 Å². The van der Waals surface area contributed by atoms with Crippen molar-refractivity contribution in [1.29, 1.82) is 0 Å². The molecule has 2 heterocycles. The Kier molecular flexibility index (Phi) is 6.39. The minimum Gasteiger partial charge on any atom is -0.335 e. The number of nitrogens with one attached hydrogen (secondary N) is 1. The monoisotopic (exact) mass is 414 g/mol. The van der Waals surface area contributed by atoms with Gasteiger partial charge in [-0.3, -0.25) is 4.98 Å². The molecule has 1 unspecified atom stereocenters. The molecule has 0 aliphatic carbocycles. The minimum atomic E-state index is 0.149. The van der Waals surface area contributed by atoms with E-state index < -0.39 is 0 Å². The first kappa shape index (κ1) is 16.6. The van der Waals surface area contributed by atoms with E-state index in [4.69, 9.17) is 0 Å². The number of aryl methyl sites for hydroxylation is 1. The number of hydrogen-bond acceptors (Lipinski definition) is 3. The Bertz CT molecular complexity index is 583. The van der Waals surface area contributed by atoms with E-state index in [1.165, 1.54) is 0 Å². The third-order valence-corrected chi connectivity index (χ3v) is 4.34. The summed E-state index contributed by atoms with van der Waals surface area (Å²) in [6, 6.07) is 2.18. The maximum atomic E-state index is 4.56. The maximum Gasteiger partial charge on any atom is 0.110 e. The lowest BCUT2D eigenvalue weighted by atomic mass is 10.1. The van der Waals surface area contributed by atoms with Gasteiger partial charge in [-0.05, 0) is 50.9 Å². The molecule has 2 aromatic heterocycles. The zero-order chi connectivity index (χ0) is 15.2. The van der Waals surface area contributed by atoms with E-state index >= 15 is 0 Å². The Labute approximate surface area is 142 Å². The van der Waals surface area contributed by atoms with Crippen molar-refractivity contribution in [1.82, 2.24) is 19.9 Å². The summed E-state index contributed by atoms with van der Waals surface area (Å²) in [6.07, 6.45) is 7.69. The highest BCUT2D eigenvalue weighted by molar-refractivity contribution is 9.11. The molecule has 4 nitrogen and oxygen atoms in total. The highest BCUT2D eigenvalue weighted by Gasteiger charge is 2.18. The van der Waals surface area contributed by atoms with Crippen molar-refractivity contribution >= 4 is 31.9 Å². The van der Waals surface area contributed by atoms with Gasteiger partial charge in [-0.2, -0.15) is 0 Å². The van der Waals surface area contributed by atoms with E-state index in [0.29, 0.717) is 0 Å². The lowest BCUT2D eigenvalue weighted by Gasteiger charge is -2.19. The number of imidazole rings is 1. The third-order valence-electron chi connectivity index (χ3n) is 3.27. The van der Waals surface area contributed by atoms with Gasteiger partial charge in [0.15, 0.2) is 0 Å². The molecule has 0 aliphatic heterocycles. The largest absolute Gasteiger partial charge is 0.335 e. The van der Waals surface area contributed by atoms with E-state index in [0.717, 1.165) is 46.4 Å². The fourth-order valence-electron chi connectivity index (χ4n) is 2.35. The second-order valence-electron chi connectivity index (χ2n) is 4.87. The fourth-order valence-corrected chi connectivity index (χ4v) is 3.61. The molecule has 21 heavy (non-hydrogen) atoms. The van der Waals surface area contributed by atoms with Crippen molar-refractivity contribution in [2.45, 2.75) is 39.3 Å². The molecule has 0 radical (unpaired) electrons. The van der Waals surface area contributed by atoms with Crippen LogP contribution < -0.4 is 5.32 Å². The quantitative estimate of drug-likeness (QED) is 0.739. The van der Waals surface area contributed by atoms with Gasteiger partial charge in [0.05, 0.1) is 11.7 Å². The predicted molar refractivity (Wildman–Crippen MR) is 92.3 cm³/mol. The smallest absolute Gasteiger partial charge is 0.110 e. The average Bonchev–Trinajstić information content (AvgIpc) is 2.86. The van der Waals surface area contributed by atoms with Crippen molar-refractivity contribution < 1.29 is 0 Å². The number of hydrogen-bond donors (Lipinski definition) is 1. The molecule has 6 heteroatoms. The van der Waals surface area contributed by atoms with Crippen molar-refractivity contribution in [3.05, 3.63) is 45.1 Å². The summed E-state index contributed by atoms with van der Waals surface area (Å²) < 4.78 is 4.20. The Morgan fingerprint density at radius 2 is 2.10 bits per heavy atom. The van der Waals surface area contributed by atoms with Crippen molar-refractivity contribution in [3.8, 4) is 0 Å². The number of aromatic nitrogens is 3. The number of pyridine rings is 1. The summed E-state index contributed by atoms with van der Waals surface area (Å²) in [6.45, 7) is 6.18. The van der Waals surface area contributed by atoms with Crippen LogP contribution in [0.1, 0.15) is 37.8 Å². The molecular formula is C15H20Br2N4. The van der Waals surface area contributed by atoms with Crippen molar-refractivity contribution in [3.63, 3.8) is 0 Å². The van der Waals surface area contributed by atoms with Gasteiger partial charge in [-0.25, -0.2) is 4.98 Å². The molecule has 0 fully saturated rings. The molecule has 0 amide bonds. The van der Waals surface area contributed by atoms with Gasteiger partial charge in [0, 0.05) is 40.5 Å². The Balaban J connectivity index is 2.24. The second-order valence-corrected chi connectivity index (χ2v) is 6.64. The highest BCUT2D eigenvalue weighted by atomic mass is 79.9. The van der Waals surface area contributed by atoms with Crippen molar-refractivity contribution in [2.24, 2.45) is 0 Å². The maximum absolute atomic E-state index is 4.56. The van der Waals surface area contributed by atoms with Gasteiger partial charge in [0.1, 0.15) is 5.82 Å². The molecule has 2 rings (SSSR count). The molecule has 2 aromatic rings. The molecule has 1 N–H and O–H groups in total. The summed E-state index contributed by atoms with van der Waals surface area (Å²) in [5.74, 6) is 1.10. The number of likely N-dealkylation sites (N-methyl/N-ethyl adjacent to an activating group) is 1. The molecule has 0 aromatic carbocycles. The van der Waals surface area contributed by atoms with Gasteiger partial charge in [-0.1, -0.05) is 13.8 Å². The van der Waals surface area contributed by atoms with Crippen LogP contribution in [0.4, 0.5) is 0 Å². The van der Waals surface area contributed by atoms with Crippen LogP contribution in [0.25, 0.3) is 0 Å². The third kappa shape index (κ3) is 4.37. The molecule has 0 bridgehead atoms. The normalized spacial score (nSPS) is 12.6. The zero-order valence-electron chi connectivity index (χ0n) is 12.3. The van der Waals surface area contributed by atoms with Gasteiger partial charge >= 0.3 is 0 Å².